The van der Waals surface area contributed by atoms with Crippen molar-refractivity contribution < 1.29 is 39.8 Å². The molecule has 1 aliphatic rings. The summed E-state index contributed by atoms with van der Waals surface area (Å²) in [7, 11) is 0. The number of unbranched alkanes of at least 4 members (excludes halogenated alkanes) is 42. The summed E-state index contributed by atoms with van der Waals surface area (Å²) < 4.78 is 11.3. The molecule has 9 nitrogen and oxygen atoms in total. The van der Waals surface area contributed by atoms with E-state index in [1.165, 1.54) is 250 Å². The maximum atomic E-state index is 13.2. The molecule has 92 heavy (non-hydrogen) atoms. The van der Waals surface area contributed by atoms with E-state index in [0.29, 0.717) is 6.42 Å². The van der Waals surface area contributed by atoms with Crippen LogP contribution in [0.2, 0.25) is 0 Å². The van der Waals surface area contributed by atoms with Crippen molar-refractivity contribution >= 4 is 5.91 Å². The van der Waals surface area contributed by atoms with Gasteiger partial charge in [-0.3, -0.25) is 4.79 Å². The first kappa shape index (κ1) is 86.9. The monoisotopic (exact) mass is 1290 g/mol. The Kier molecular flexibility index (Phi) is 66.7. The average molecular weight is 1290 g/mol. The van der Waals surface area contributed by atoms with Gasteiger partial charge in [0.2, 0.25) is 5.91 Å². The van der Waals surface area contributed by atoms with Crippen LogP contribution in [-0.4, -0.2) is 87.5 Å². The fourth-order valence-electron chi connectivity index (χ4n) is 12.0. The number of ether oxygens (including phenoxy) is 2. The average Bonchev–Trinajstić information content (AvgIpc) is 1.45. The second-order valence-electron chi connectivity index (χ2n) is 26.8. The number of aliphatic hydroxyl groups is 5. The summed E-state index contributed by atoms with van der Waals surface area (Å²) in [5.74, 6) is -0.188. The highest BCUT2D eigenvalue weighted by Gasteiger charge is 2.44. The first-order valence-electron chi connectivity index (χ1n) is 39.1. The Hall–Kier alpha value is -3.15. The van der Waals surface area contributed by atoms with E-state index in [1.807, 2.05) is 6.08 Å². The van der Waals surface area contributed by atoms with Gasteiger partial charge in [0.05, 0.1) is 25.4 Å². The SMILES string of the molecule is CC/C=C\C/C=C\C/C=C\C/C=C\C/C=C\C/C=C\CCCCCCCCCCCCCCCCCCCCCCC(=O)NC(COC1OC(CO)C(O)C(O)C1O)C(O)/C=C/CC/C=C/CC/C=C/CCCCCCCCCCCCCCCCCCCCCC. The van der Waals surface area contributed by atoms with E-state index in [4.69, 9.17) is 9.47 Å². The number of amides is 1. The topological polar surface area (TPSA) is 149 Å². The Balaban J connectivity index is 2.10. The number of nitrogens with one attached hydrogen (secondary N) is 1. The maximum absolute atomic E-state index is 13.2. The molecule has 7 unspecified atom stereocenters. The van der Waals surface area contributed by atoms with Crippen LogP contribution in [0.25, 0.3) is 0 Å². The Morgan fingerprint density at radius 1 is 0.380 bits per heavy atom. The highest BCUT2D eigenvalue weighted by atomic mass is 16.7. The Labute approximate surface area is 567 Å². The third-order valence-electron chi connectivity index (χ3n) is 18.1. The Morgan fingerprint density at radius 3 is 1.04 bits per heavy atom. The molecule has 0 aliphatic carbocycles. The van der Waals surface area contributed by atoms with Crippen LogP contribution in [0.1, 0.15) is 354 Å². The van der Waals surface area contributed by atoms with Gasteiger partial charge in [-0.1, -0.05) is 361 Å². The lowest BCUT2D eigenvalue weighted by Gasteiger charge is -2.40. The molecule has 1 saturated heterocycles. The molecule has 9 heteroatoms. The lowest BCUT2D eigenvalue weighted by molar-refractivity contribution is -0.302. The normalized spacial score (nSPS) is 18.3. The molecule has 0 radical (unpaired) electrons. The van der Waals surface area contributed by atoms with Crippen LogP contribution in [0.15, 0.2) is 109 Å². The second-order valence-corrected chi connectivity index (χ2v) is 26.8. The van der Waals surface area contributed by atoms with Gasteiger partial charge in [0, 0.05) is 6.42 Å². The van der Waals surface area contributed by atoms with E-state index >= 15 is 0 Å². The Morgan fingerprint density at radius 2 is 0.685 bits per heavy atom. The summed E-state index contributed by atoms with van der Waals surface area (Å²) in [5.41, 5.74) is 0. The minimum Gasteiger partial charge on any atom is -0.394 e. The third kappa shape index (κ3) is 58.2. The first-order valence-corrected chi connectivity index (χ1v) is 39.1. The second kappa shape index (κ2) is 70.6. The lowest BCUT2D eigenvalue weighted by Crippen LogP contribution is -2.60. The molecular formula is C83H147NO8. The highest BCUT2D eigenvalue weighted by molar-refractivity contribution is 5.76. The van der Waals surface area contributed by atoms with Gasteiger partial charge in [0.1, 0.15) is 24.4 Å². The van der Waals surface area contributed by atoms with Crippen LogP contribution < -0.4 is 5.32 Å². The van der Waals surface area contributed by atoms with E-state index in [0.717, 1.165) is 83.5 Å². The molecule has 0 spiro atoms. The molecule has 0 aromatic rings. The minimum absolute atomic E-state index is 0.188. The summed E-state index contributed by atoms with van der Waals surface area (Å²) in [6, 6.07) is -0.834. The van der Waals surface area contributed by atoms with E-state index in [-0.39, 0.29) is 12.5 Å². The molecule has 1 rings (SSSR count). The summed E-state index contributed by atoms with van der Waals surface area (Å²) in [6.07, 6.45) is 98.0. The number of allylic oxidation sites excluding steroid dienone is 17. The molecule has 532 valence electrons. The molecule has 1 aliphatic heterocycles. The van der Waals surface area contributed by atoms with Crippen LogP contribution in [0.5, 0.6) is 0 Å². The van der Waals surface area contributed by atoms with Crippen LogP contribution in [0.4, 0.5) is 0 Å². The fourth-order valence-corrected chi connectivity index (χ4v) is 12.0. The number of carbonyl (C=O) groups excluding carboxylic acids is 1. The molecule has 0 aromatic carbocycles. The van der Waals surface area contributed by atoms with Gasteiger partial charge in [-0.05, 0) is 96.3 Å². The largest absolute Gasteiger partial charge is 0.394 e. The number of hydrogen-bond donors (Lipinski definition) is 6. The molecule has 1 heterocycles. The summed E-state index contributed by atoms with van der Waals surface area (Å²) in [6.45, 7) is 3.68. The van der Waals surface area contributed by atoms with Crippen LogP contribution in [0, 0.1) is 0 Å². The zero-order valence-corrected chi connectivity index (χ0v) is 59.8. The van der Waals surface area contributed by atoms with Gasteiger partial charge in [0.15, 0.2) is 6.29 Å². The highest BCUT2D eigenvalue weighted by Crippen LogP contribution is 2.23. The first-order chi connectivity index (χ1) is 45.3. The van der Waals surface area contributed by atoms with Gasteiger partial charge in [-0.15, -0.1) is 0 Å². The summed E-state index contributed by atoms with van der Waals surface area (Å²) in [5, 5.41) is 54.8. The van der Waals surface area contributed by atoms with Crippen LogP contribution in [0.3, 0.4) is 0 Å². The van der Waals surface area contributed by atoms with E-state index in [1.54, 1.807) is 6.08 Å². The van der Waals surface area contributed by atoms with E-state index in [2.05, 4.69) is 116 Å². The van der Waals surface area contributed by atoms with Gasteiger partial charge in [-0.2, -0.15) is 0 Å². The predicted octanol–water partition coefficient (Wildman–Crippen LogP) is 22.4. The zero-order valence-electron chi connectivity index (χ0n) is 59.8. The number of hydrogen-bond acceptors (Lipinski definition) is 8. The summed E-state index contributed by atoms with van der Waals surface area (Å²) in [4.78, 5) is 13.2. The lowest BCUT2D eigenvalue weighted by atomic mass is 9.99. The molecule has 0 saturated carbocycles. The summed E-state index contributed by atoms with van der Waals surface area (Å²) >= 11 is 0. The Bertz CT molecular complexity index is 1830. The van der Waals surface area contributed by atoms with Gasteiger partial charge >= 0.3 is 0 Å². The maximum Gasteiger partial charge on any atom is 0.220 e. The number of carbonyl (C=O) groups is 1. The minimum atomic E-state index is -1.58. The van der Waals surface area contributed by atoms with E-state index in [9.17, 15) is 30.3 Å². The molecular weight excluding hydrogens is 1140 g/mol. The molecule has 7 atom stereocenters. The smallest absolute Gasteiger partial charge is 0.220 e. The van der Waals surface area contributed by atoms with Crippen molar-refractivity contribution in [3.63, 3.8) is 0 Å². The molecule has 0 aromatic heterocycles. The number of rotatable bonds is 68. The zero-order chi connectivity index (χ0) is 66.4. The van der Waals surface area contributed by atoms with Gasteiger partial charge < -0.3 is 40.3 Å². The molecule has 1 amide bonds. The van der Waals surface area contributed by atoms with Gasteiger partial charge in [0.25, 0.3) is 0 Å². The fraction of sp³-hybridized carbons (Fsp3) is 0.771. The van der Waals surface area contributed by atoms with Crippen molar-refractivity contribution in [2.24, 2.45) is 0 Å². The van der Waals surface area contributed by atoms with Crippen LogP contribution >= 0.6 is 0 Å². The van der Waals surface area contributed by atoms with Crippen molar-refractivity contribution in [1.82, 2.24) is 5.32 Å². The molecule has 6 N–H and O–H groups in total. The quantitative estimate of drug-likeness (QED) is 0.0261. The van der Waals surface area contributed by atoms with E-state index < -0.39 is 49.5 Å². The van der Waals surface area contributed by atoms with Crippen LogP contribution in [-0.2, 0) is 14.3 Å². The van der Waals surface area contributed by atoms with Crippen molar-refractivity contribution in [3.8, 4) is 0 Å². The van der Waals surface area contributed by atoms with Crippen molar-refractivity contribution in [1.29, 1.82) is 0 Å². The molecule has 0 bridgehead atoms. The number of aliphatic hydroxyl groups excluding tert-OH is 5. The predicted molar refractivity (Wildman–Crippen MR) is 396 cm³/mol. The van der Waals surface area contributed by atoms with Gasteiger partial charge in [-0.25, -0.2) is 0 Å². The van der Waals surface area contributed by atoms with Crippen molar-refractivity contribution in [2.45, 2.75) is 397 Å². The van der Waals surface area contributed by atoms with Crippen molar-refractivity contribution in [2.75, 3.05) is 13.2 Å². The molecule has 1 fully saturated rings. The van der Waals surface area contributed by atoms with Crippen molar-refractivity contribution in [3.05, 3.63) is 109 Å². The standard InChI is InChI=1S/C83H147NO8/c1-3-5-7-9-11-13-15-17-19-21-23-25-27-29-31-33-35-36-37-38-39-40-41-42-43-45-47-49-51-53-55-57-59-61-63-65-67-69-71-73-79(87)84-76(75-91-83-82(90)81(89)80(88)78(74-85)92-83)77(86)72-70-68-66-64-62-60-58-56-54-52-50-48-46-44-34-32-30-28-26-24-22-20-18-16-14-12-10-8-6-4-2/h5,7,11,13,17,19,23,25,29,31,35-36,54,56,62,64,70,72,76-78,80-83,85-86,88-90H,3-4,6,8-10,12,14-16,18,20-22,24,26-28,30,32-34,37-53,55,57-61,63,65-69,71,73-75H2,1-2H3,(H,84,87)/b7-5-,13-11-,19-17-,25-23-,31-29-,36-35-,56-54+,64-62+,72-70+. The third-order valence-corrected chi connectivity index (χ3v) is 18.1.